The number of hydrogen-bond acceptors (Lipinski definition) is 4. The number of carboxylic acids is 1. The Kier molecular flexibility index (Phi) is 3.35. The van der Waals surface area contributed by atoms with Crippen LogP contribution in [0.1, 0.15) is 10.4 Å². The second-order valence-electron chi connectivity index (χ2n) is 4.45. The van der Waals surface area contributed by atoms with Gasteiger partial charge in [-0.05, 0) is 18.2 Å². The molecule has 21 heavy (non-hydrogen) atoms. The first kappa shape index (κ1) is 13.6. The lowest BCUT2D eigenvalue weighted by atomic mass is 10.0. The summed E-state index contributed by atoms with van der Waals surface area (Å²) in [6.45, 7) is 0. The number of aromatic carboxylic acids is 1. The SMILES string of the molecule is O=C([O-])c1ccccc1-c1cc(=O)c2cc(Br)ccc2o1. The molecule has 0 bridgehead atoms. The number of benzene rings is 2. The third kappa shape index (κ3) is 2.48. The third-order valence-electron chi connectivity index (χ3n) is 3.10. The topological polar surface area (TPSA) is 70.3 Å². The normalized spacial score (nSPS) is 10.7. The average molecular weight is 344 g/mol. The van der Waals surface area contributed by atoms with Crippen LogP contribution < -0.4 is 10.5 Å². The highest BCUT2D eigenvalue weighted by molar-refractivity contribution is 9.10. The molecule has 0 aliphatic carbocycles. The molecule has 5 heteroatoms. The Morgan fingerprint density at radius 1 is 1.10 bits per heavy atom. The fraction of sp³-hybridized carbons (Fsp3) is 0. The zero-order valence-electron chi connectivity index (χ0n) is 10.6. The summed E-state index contributed by atoms with van der Waals surface area (Å²) in [5.74, 6) is -1.11. The maximum atomic E-state index is 12.2. The minimum absolute atomic E-state index is 0.0166. The Morgan fingerprint density at radius 3 is 2.62 bits per heavy atom. The van der Waals surface area contributed by atoms with Crippen molar-refractivity contribution in [2.24, 2.45) is 0 Å². The summed E-state index contributed by atoms with van der Waals surface area (Å²) in [5.41, 5.74) is 0.464. The minimum Gasteiger partial charge on any atom is -0.545 e. The molecule has 104 valence electrons. The summed E-state index contributed by atoms with van der Waals surface area (Å²) in [7, 11) is 0. The molecule has 0 amide bonds. The summed E-state index contributed by atoms with van der Waals surface area (Å²) < 4.78 is 6.43. The van der Waals surface area contributed by atoms with Gasteiger partial charge in [-0.2, -0.15) is 0 Å². The average Bonchev–Trinajstić information content (AvgIpc) is 2.47. The number of carbonyl (C=O) groups is 1. The molecule has 0 saturated heterocycles. The second-order valence-corrected chi connectivity index (χ2v) is 5.36. The van der Waals surface area contributed by atoms with Crippen molar-refractivity contribution in [3.8, 4) is 11.3 Å². The van der Waals surface area contributed by atoms with Gasteiger partial charge in [0.25, 0.3) is 0 Å². The molecular formula is C16H8BrO4-. The van der Waals surface area contributed by atoms with E-state index in [1.807, 2.05) is 0 Å². The first-order valence-corrected chi connectivity index (χ1v) is 6.90. The van der Waals surface area contributed by atoms with Crippen LogP contribution in [-0.4, -0.2) is 5.97 Å². The van der Waals surface area contributed by atoms with Crippen LogP contribution >= 0.6 is 15.9 Å². The van der Waals surface area contributed by atoms with Crippen LogP contribution in [0, 0.1) is 0 Å². The van der Waals surface area contributed by atoms with Gasteiger partial charge in [-0.25, -0.2) is 0 Å². The van der Waals surface area contributed by atoms with Crippen LogP contribution in [0.2, 0.25) is 0 Å². The van der Waals surface area contributed by atoms with Gasteiger partial charge in [-0.1, -0.05) is 40.2 Å². The van der Waals surface area contributed by atoms with Crippen molar-refractivity contribution in [1.82, 2.24) is 0 Å². The Hall–Kier alpha value is -2.40. The van der Waals surface area contributed by atoms with Gasteiger partial charge in [0, 0.05) is 21.7 Å². The van der Waals surface area contributed by atoms with E-state index in [0.717, 1.165) is 4.47 Å². The molecule has 0 aliphatic rings. The lowest BCUT2D eigenvalue weighted by Gasteiger charge is -2.10. The lowest BCUT2D eigenvalue weighted by Crippen LogP contribution is -2.23. The van der Waals surface area contributed by atoms with Crippen molar-refractivity contribution in [2.75, 3.05) is 0 Å². The molecule has 1 aromatic heterocycles. The van der Waals surface area contributed by atoms with Crippen molar-refractivity contribution in [1.29, 1.82) is 0 Å². The van der Waals surface area contributed by atoms with Crippen molar-refractivity contribution in [3.05, 3.63) is 68.8 Å². The fourth-order valence-electron chi connectivity index (χ4n) is 2.14. The van der Waals surface area contributed by atoms with Crippen molar-refractivity contribution in [3.63, 3.8) is 0 Å². The predicted octanol–water partition coefficient (Wildman–Crippen LogP) is 2.59. The summed E-state index contributed by atoms with van der Waals surface area (Å²) in [4.78, 5) is 23.3. The molecule has 1 heterocycles. The molecule has 0 unspecified atom stereocenters. The van der Waals surface area contributed by atoms with E-state index < -0.39 is 5.97 Å². The van der Waals surface area contributed by atoms with E-state index in [9.17, 15) is 14.7 Å². The van der Waals surface area contributed by atoms with Crippen LogP contribution in [0.15, 0.2) is 62.2 Å². The van der Waals surface area contributed by atoms with E-state index in [-0.39, 0.29) is 16.8 Å². The number of halogens is 1. The highest BCUT2D eigenvalue weighted by Gasteiger charge is 2.11. The summed E-state index contributed by atoms with van der Waals surface area (Å²) >= 11 is 3.29. The Bertz CT molecular complexity index is 912. The molecule has 3 aromatic rings. The molecule has 0 saturated carbocycles. The zero-order chi connectivity index (χ0) is 15.0. The molecule has 3 rings (SSSR count). The highest BCUT2D eigenvalue weighted by Crippen LogP contribution is 2.26. The van der Waals surface area contributed by atoms with E-state index in [4.69, 9.17) is 4.42 Å². The molecule has 0 radical (unpaired) electrons. The van der Waals surface area contributed by atoms with Gasteiger partial charge in [-0.3, -0.25) is 4.79 Å². The molecule has 0 fully saturated rings. The monoisotopic (exact) mass is 343 g/mol. The summed E-state index contributed by atoms with van der Waals surface area (Å²) in [5, 5.41) is 11.6. The maximum Gasteiger partial charge on any atom is 0.193 e. The summed E-state index contributed by atoms with van der Waals surface area (Å²) in [6, 6.07) is 12.6. The van der Waals surface area contributed by atoms with Crippen LogP contribution in [0.25, 0.3) is 22.3 Å². The van der Waals surface area contributed by atoms with Gasteiger partial charge >= 0.3 is 0 Å². The molecule has 0 atom stereocenters. The van der Waals surface area contributed by atoms with Gasteiger partial charge in [0.15, 0.2) is 5.43 Å². The van der Waals surface area contributed by atoms with Gasteiger partial charge in [0.1, 0.15) is 11.3 Å². The smallest absolute Gasteiger partial charge is 0.193 e. The van der Waals surface area contributed by atoms with Gasteiger partial charge in [-0.15, -0.1) is 0 Å². The van der Waals surface area contributed by atoms with Crippen molar-refractivity contribution in [2.45, 2.75) is 0 Å². The highest BCUT2D eigenvalue weighted by atomic mass is 79.9. The Labute approximate surface area is 127 Å². The maximum absolute atomic E-state index is 12.2. The van der Waals surface area contributed by atoms with E-state index in [2.05, 4.69) is 15.9 Å². The first-order chi connectivity index (χ1) is 10.1. The van der Waals surface area contributed by atoms with Crippen molar-refractivity contribution >= 4 is 32.9 Å². The Morgan fingerprint density at radius 2 is 1.86 bits per heavy atom. The molecule has 0 N–H and O–H groups in total. The predicted molar refractivity (Wildman–Crippen MR) is 80.0 cm³/mol. The molecule has 0 aliphatic heterocycles. The number of rotatable bonds is 2. The Balaban J connectivity index is 2.30. The van der Waals surface area contributed by atoms with Crippen molar-refractivity contribution < 1.29 is 14.3 Å². The lowest BCUT2D eigenvalue weighted by molar-refractivity contribution is -0.254. The number of fused-ring (bicyclic) bond motifs is 1. The van der Waals surface area contributed by atoms with Crippen LogP contribution in [-0.2, 0) is 0 Å². The van der Waals surface area contributed by atoms with Gasteiger partial charge < -0.3 is 14.3 Å². The second kappa shape index (κ2) is 5.18. The standard InChI is InChI=1S/C16H9BrO4/c17-9-5-6-14-12(7-9)13(18)8-15(21-14)10-3-1-2-4-11(10)16(19)20/h1-8H,(H,19,20)/p-1. The largest absolute Gasteiger partial charge is 0.545 e. The van der Waals surface area contributed by atoms with E-state index in [1.165, 1.54) is 12.1 Å². The third-order valence-corrected chi connectivity index (χ3v) is 3.59. The number of hydrogen-bond donors (Lipinski definition) is 0. The molecule has 4 nitrogen and oxygen atoms in total. The zero-order valence-corrected chi connectivity index (χ0v) is 12.2. The van der Waals surface area contributed by atoms with E-state index >= 15 is 0 Å². The van der Waals surface area contributed by atoms with Crippen LogP contribution in [0.4, 0.5) is 0 Å². The molecule has 0 spiro atoms. The van der Waals surface area contributed by atoms with E-state index in [0.29, 0.717) is 16.5 Å². The fourth-order valence-corrected chi connectivity index (χ4v) is 2.50. The van der Waals surface area contributed by atoms with Gasteiger partial charge in [0.05, 0.1) is 11.4 Å². The van der Waals surface area contributed by atoms with Gasteiger partial charge in [0.2, 0.25) is 0 Å². The number of carbonyl (C=O) groups excluding carboxylic acids is 1. The quantitative estimate of drug-likeness (QED) is 0.717. The summed E-state index contributed by atoms with van der Waals surface area (Å²) in [6.07, 6.45) is 0. The number of carboxylic acid groups (broad SMARTS) is 1. The van der Waals surface area contributed by atoms with Crippen LogP contribution in [0.5, 0.6) is 0 Å². The molecule has 2 aromatic carbocycles. The van der Waals surface area contributed by atoms with Crippen LogP contribution in [0.3, 0.4) is 0 Å². The minimum atomic E-state index is -1.32. The van der Waals surface area contributed by atoms with E-state index in [1.54, 1.807) is 36.4 Å². The first-order valence-electron chi connectivity index (χ1n) is 6.10. The molecular weight excluding hydrogens is 336 g/mol.